The third-order valence-corrected chi connectivity index (χ3v) is 8.40. The van der Waals surface area contributed by atoms with Crippen LogP contribution in [0.1, 0.15) is 26.3 Å². The van der Waals surface area contributed by atoms with E-state index in [9.17, 15) is 28.1 Å². The van der Waals surface area contributed by atoms with Crippen molar-refractivity contribution >= 4 is 56.4 Å². The van der Waals surface area contributed by atoms with Gasteiger partial charge in [0.1, 0.15) is 12.6 Å². The summed E-state index contributed by atoms with van der Waals surface area (Å²) in [6.07, 6.45) is 0. The van der Waals surface area contributed by atoms with E-state index in [2.05, 4.69) is 5.32 Å². The highest BCUT2D eigenvalue weighted by Crippen LogP contribution is 2.28. The number of sulfonamides is 1. The van der Waals surface area contributed by atoms with Crippen LogP contribution in [0.2, 0.25) is 10.0 Å². The molecule has 0 aliphatic carbocycles. The van der Waals surface area contributed by atoms with Crippen LogP contribution in [0.25, 0.3) is 0 Å². The van der Waals surface area contributed by atoms with Gasteiger partial charge in [0.05, 0.1) is 25.6 Å². The summed E-state index contributed by atoms with van der Waals surface area (Å²) >= 11 is 12.2. The molecule has 2 amide bonds. The Hall–Kier alpha value is -3.67. The van der Waals surface area contributed by atoms with Gasteiger partial charge in [-0.3, -0.25) is 24.0 Å². The van der Waals surface area contributed by atoms with Crippen molar-refractivity contribution in [1.82, 2.24) is 10.2 Å². The molecule has 40 heavy (non-hydrogen) atoms. The summed E-state index contributed by atoms with van der Waals surface area (Å²) in [7, 11) is -4.35. The van der Waals surface area contributed by atoms with Crippen LogP contribution in [0.3, 0.4) is 0 Å². The first kappa shape index (κ1) is 30.9. The van der Waals surface area contributed by atoms with Crippen molar-refractivity contribution in [2.24, 2.45) is 0 Å². The van der Waals surface area contributed by atoms with Gasteiger partial charge in [0.25, 0.3) is 15.7 Å². The van der Waals surface area contributed by atoms with Crippen LogP contribution in [0, 0.1) is 10.1 Å². The first-order valence-corrected chi connectivity index (χ1v) is 14.4. The van der Waals surface area contributed by atoms with E-state index in [1.54, 1.807) is 38.1 Å². The topological polar surface area (TPSA) is 130 Å². The Kier molecular flexibility index (Phi) is 10.1. The molecule has 10 nitrogen and oxygen atoms in total. The second-order valence-electron chi connectivity index (χ2n) is 9.21. The van der Waals surface area contributed by atoms with Crippen LogP contribution < -0.4 is 9.62 Å². The monoisotopic (exact) mass is 606 g/mol. The van der Waals surface area contributed by atoms with E-state index >= 15 is 0 Å². The van der Waals surface area contributed by atoms with Gasteiger partial charge >= 0.3 is 0 Å². The SMILES string of the molecule is CC(C)NC(=O)[C@@H](C)N(Cc1ccc(Cl)c(Cl)c1)C(=O)CN(c1cccc([N+](=O)[O-])c1)S(=O)(=O)c1ccccc1. The molecule has 13 heteroatoms. The van der Waals surface area contributed by atoms with Crippen molar-refractivity contribution in [3.05, 3.63) is 98.5 Å². The van der Waals surface area contributed by atoms with Gasteiger partial charge in [0.15, 0.2) is 0 Å². The zero-order valence-corrected chi connectivity index (χ0v) is 24.3. The van der Waals surface area contributed by atoms with Crippen molar-refractivity contribution < 1.29 is 22.9 Å². The number of carbonyl (C=O) groups excluding carboxylic acids is 2. The normalized spacial score (nSPS) is 12.1. The summed E-state index contributed by atoms with van der Waals surface area (Å²) in [6.45, 7) is 4.24. The van der Waals surface area contributed by atoms with Gasteiger partial charge in [0.2, 0.25) is 11.8 Å². The Labute approximate surface area is 242 Å². The fraction of sp³-hybridized carbons (Fsp3) is 0.259. The Morgan fingerprint density at radius 1 is 0.950 bits per heavy atom. The number of hydrogen-bond acceptors (Lipinski definition) is 6. The molecule has 3 rings (SSSR count). The minimum absolute atomic E-state index is 0.0832. The fourth-order valence-electron chi connectivity index (χ4n) is 3.83. The highest BCUT2D eigenvalue weighted by molar-refractivity contribution is 7.92. The highest BCUT2D eigenvalue weighted by Gasteiger charge is 2.33. The molecule has 0 fully saturated rings. The van der Waals surface area contributed by atoms with E-state index in [-0.39, 0.29) is 33.9 Å². The minimum Gasteiger partial charge on any atom is -0.352 e. The van der Waals surface area contributed by atoms with Crippen molar-refractivity contribution in [1.29, 1.82) is 0 Å². The number of nitrogens with one attached hydrogen (secondary N) is 1. The van der Waals surface area contributed by atoms with Crippen molar-refractivity contribution in [2.75, 3.05) is 10.8 Å². The van der Waals surface area contributed by atoms with Gasteiger partial charge in [-0.2, -0.15) is 0 Å². The van der Waals surface area contributed by atoms with Crippen molar-refractivity contribution in [3.63, 3.8) is 0 Å². The maximum absolute atomic E-state index is 13.9. The molecule has 0 aliphatic rings. The van der Waals surface area contributed by atoms with Gasteiger partial charge in [-0.05, 0) is 56.7 Å². The fourth-order valence-corrected chi connectivity index (χ4v) is 5.58. The molecule has 3 aromatic carbocycles. The Bertz CT molecular complexity index is 1500. The predicted molar refractivity (Wildman–Crippen MR) is 154 cm³/mol. The number of rotatable bonds is 11. The average molecular weight is 608 g/mol. The minimum atomic E-state index is -4.35. The van der Waals surface area contributed by atoms with Gasteiger partial charge in [-0.15, -0.1) is 0 Å². The molecular formula is C27H28Cl2N4O6S. The number of benzene rings is 3. The third kappa shape index (κ3) is 7.50. The van der Waals surface area contributed by atoms with Crippen LogP contribution >= 0.6 is 23.2 Å². The summed E-state index contributed by atoms with van der Waals surface area (Å²) in [5, 5.41) is 14.7. The first-order valence-electron chi connectivity index (χ1n) is 12.2. The average Bonchev–Trinajstić information content (AvgIpc) is 2.91. The number of nitro benzene ring substituents is 1. The largest absolute Gasteiger partial charge is 0.352 e. The van der Waals surface area contributed by atoms with Gasteiger partial charge in [-0.25, -0.2) is 8.42 Å². The standard InChI is InChI=1S/C27H28Cl2N4O6S/c1-18(2)30-27(35)19(3)31(16-20-12-13-24(28)25(29)14-20)26(34)17-32(21-8-7-9-22(15-21)33(36)37)40(38,39)23-10-5-4-6-11-23/h4-15,18-19H,16-17H2,1-3H3,(H,30,35)/t19-/m1/s1. The van der Waals surface area contributed by atoms with E-state index in [4.69, 9.17) is 23.2 Å². The third-order valence-electron chi connectivity index (χ3n) is 5.87. The molecule has 0 aliphatic heterocycles. The lowest BCUT2D eigenvalue weighted by Gasteiger charge is -2.32. The lowest BCUT2D eigenvalue weighted by atomic mass is 10.1. The molecule has 1 atom stereocenters. The van der Waals surface area contributed by atoms with Crippen LogP contribution in [0.4, 0.5) is 11.4 Å². The van der Waals surface area contributed by atoms with E-state index in [0.29, 0.717) is 10.6 Å². The van der Waals surface area contributed by atoms with E-state index in [1.165, 1.54) is 54.3 Å². The van der Waals surface area contributed by atoms with E-state index in [1.807, 2.05) is 0 Å². The van der Waals surface area contributed by atoms with E-state index < -0.39 is 39.3 Å². The van der Waals surface area contributed by atoms with Crippen LogP contribution in [-0.2, 0) is 26.2 Å². The number of nitro groups is 1. The molecule has 0 saturated carbocycles. The molecule has 0 spiro atoms. The summed E-state index contributed by atoms with van der Waals surface area (Å²) in [4.78, 5) is 38.7. The summed E-state index contributed by atoms with van der Waals surface area (Å²) < 4.78 is 28.3. The number of amides is 2. The molecule has 0 unspecified atom stereocenters. The molecule has 212 valence electrons. The van der Waals surface area contributed by atoms with Crippen molar-refractivity contribution in [2.45, 2.75) is 44.3 Å². The number of carbonyl (C=O) groups is 2. The number of nitrogens with zero attached hydrogens (tertiary/aromatic N) is 3. The first-order chi connectivity index (χ1) is 18.8. The van der Waals surface area contributed by atoms with E-state index in [0.717, 1.165) is 10.4 Å². The van der Waals surface area contributed by atoms with Crippen molar-refractivity contribution in [3.8, 4) is 0 Å². The predicted octanol–water partition coefficient (Wildman–Crippen LogP) is 5.04. The van der Waals surface area contributed by atoms with Gasteiger partial charge in [-0.1, -0.05) is 53.5 Å². The maximum Gasteiger partial charge on any atom is 0.271 e. The second kappa shape index (κ2) is 13.1. The molecule has 0 radical (unpaired) electrons. The molecule has 0 aromatic heterocycles. The summed E-state index contributed by atoms with van der Waals surface area (Å²) in [5.41, 5.74) is 0.121. The summed E-state index contributed by atoms with van der Waals surface area (Å²) in [5.74, 6) is -1.17. The van der Waals surface area contributed by atoms with Crippen LogP contribution in [0.5, 0.6) is 0 Å². The Morgan fingerprint density at radius 3 is 2.23 bits per heavy atom. The molecular weight excluding hydrogens is 579 g/mol. The smallest absolute Gasteiger partial charge is 0.271 e. The maximum atomic E-state index is 13.9. The lowest BCUT2D eigenvalue weighted by molar-refractivity contribution is -0.384. The zero-order chi connectivity index (χ0) is 29.6. The molecule has 0 saturated heterocycles. The molecule has 3 aromatic rings. The molecule has 1 N–H and O–H groups in total. The second-order valence-corrected chi connectivity index (χ2v) is 11.9. The summed E-state index contributed by atoms with van der Waals surface area (Å²) in [6, 6.07) is 15.9. The molecule has 0 bridgehead atoms. The highest BCUT2D eigenvalue weighted by atomic mass is 35.5. The number of halogens is 2. The van der Waals surface area contributed by atoms with Gasteiger partial charge < -0.3 is 10.2 Å². The number of non-ortho nitro benzene ring substituents is 1. The number of anilines is 1. The number of hydrogen-bond donors (Lipinski definition) is 1. The Balaban J connectivity index is 2.08. The van der Waals surface area contributed by atoms with Crippen LogP contribution in [-0.4, -0.2) is 48.7 Å². The van der Waals surface area contributed by atoms with Crippen LogP contribution in [0.15, 0.2) is 77.7 Å². The molecule has 0 heterocycles. The lowest BCUT2D eigenvalue weighted by Crippen LogP contribution is -2.52. The van der Waals surface area contributed by atoms with Gasteiger partial charge in [0, 0.05) is 24.7 Å². The zero-order valence-electron chi connectivity index (χ0n) is 22.0. The Morgan fingerprint density at radius 2 is 1.62 bits per heavy atom. The quantitative estimate of drug-likeness (QED) is 0.240.